The molecule has 2 rings (SSSR count). The zero-order valence-corrected chi connectivity index (χ0v) is 17.8. The maximum Gasteiger partial charge on any atom is 0.338 e. The molecule has 8 nitrogen and oxygen atoms in total. The summed E-state index contributed by atoms with van der Waals surface area (Å²) in [5.74, 6) is -0.972. The van der Waals surface area contributed by atoms with Gasteiger partial charge in [0.1, 0.15) is 5.75 Å². The molecule has 29 heavy (non-hydrogen) atoms. The molecule has 0 saturated carbocycles. The Balaban J connectivity index is 2.12. The molecule has 0 spiro atoms. The third-order valence-electron chi connectivity index (χ3n) is 4.02. The molecule has 0 saturated heterocycles. The third kappa shape index (κ3) is 5.55. The number of aryl methyl sites for hydroxylation is 2. The lowest BCUT2D eigenvalue weighted by atomic mass is 10.1. The Morgan fingerprint density at radius 3 is 2.21 bits per heavy atom. The van der Waals surface area contributed by atoms with Gasteiger partial charge in [0.2, 0.25) is 10.0 Å². The minimum absolute atomic E-state index is 0.00849. The molecular weight excluding hydrogens is 396 g/mol. The summed E-state index contributed by atoms with van der Waals surface area (Å²) >= 11 is 0. The molecule has 156 valence electrons. The van der Waals surface area contributed by atoms with Gasteiger partial charge in [-0.1, -0.05) is 17.2 Å². The first kappa shape index (κ1) is 22.4. The van der Waals surface area contributed by atoms with Crippen LogP contribution >= 0.6 is 0 Å². The Hall–Kier alpha value is -2.91. The van der Waals surface area contributed by atoms with Crippen LogP contribution in [0, 0.1) is 13.8 Å². The Morgan fingerprint density at radius 1 is 1.03 bits per heavy atom. The summed E-state index contributed by atoms with van der Waals surface area (Å²) in [6.45, 7) is 3.19. The monoisotopic (exact) mass is 420 g/mol. The van der Waals surface area contributed by atoms with Crippen molar-refractivity contribution in [2.45, 2.75) is 18.7 Å². The number of amides is 1. The number of methoxy groups -OCH3 is 1. The Bertz CT molecular complexity index is 1010. The second-order valence-electron chi connectivity index (χ2n) is 6.65. The number of nitrogens with zero attached hydrogens (tertiary/aromatic N) is 1. The summed E-state index contributed by atoms with van der Waals surface area (Å²) in [4.78, 5) is 24.4. The number of carbonyl (C=O) groups is 2. The van der Waals surface area contributed by atoms with Gasteiger partial charge in [-0.3, -0.25) is 4.79 Å². The third-order valence-corrected chi connectivity index (χ3v) is 5.83. The fourth-order valence-electron chi connectivity index (χ4n) is 2.65. The summed E-state index contributed by atoms with van der Waals surface area (Å²) in [6.07, 6.45) is 0. The zero-order chi connectivity index (χ0) is 21.8. The molecule has 0 fully saturated rings. The van der Waals surface area contributed by atoms with E-state index >= 15 is 0 Å². The van der Waals surface area contributed by atoms with Crippen LogP contribution in [0.25, 0.3) is 0 Å². The highest BCUT2D eigenvalue weighted by Crippen LogP contribution is 2.28. The number of hydrogen-bond acceptors (Lipinski definition) is 6. The van der Waals surface area contributed by atoms with Crippen LogP contribution in [0.3, 0.4) is 0 Å². The maximum atomic E-state index is 12.3. The first-order valence-corrected chi connectivity index (χ1v) is 10.1. The van der Waals surface area contributed by atoms with Gasteiger partial charge in [0.05, 0.1) is 23.3 Å². The fourth-order valence-corrected chi connectivity index (χ4v) is 3.58. The van der Waals surface area contributed by atoms with Gasteiger partial charge in [0.15, 0.2) is 6.61 Å². The van der Waals surface area contributed by atoms with E-state index in [1.807, 2.05) is 19.9 Å². The highest BCUT2D eigenvalue weighted by molar-refractivity contribution is 7.89. The van der Waals surface area contributed by atoms with E-state index in [0.717, 1.165) is 15.4 Å². The smallest absolute Gasteiger partial charge is 0.338 e. The normalized spacial score (nSPS) is 11.2. The zero-order valence-electron chi connectivity index (χ0n) is 17.0. The molecule has 0 heterocycles. The van der Waals surface area contributed by atoms with Crippen LogP contribution in [-0.4, -0.2) is 52.4 Å². The predicted octanol–water partition coefficient (Wildman–Crippen LogP) is 2.36. The van der Waals surface area contributed by atoms with Crippen molar-refractivity contribution in [2.24, 2.45) is 0 Å². The van der Waals surface area contributed by atoms with Crippen molar-refractivity contribution >= 4 is 27.6 Å². The van der Waals surface area contributed by atoms with Crippen LogP contribution in [0.5, 0.6) is 5.75 Å². The van der Waals surface area contributed by atoms with Crippen molar-refractivity contribution < 1.29 is 27.5 Å². The summed E-state index contributed by atoms with van der Waals surface area (Å²) in [5, 5.41) is 2.52. The summed E-state index contributed by atoms with van der Waals surface area (Å²) < 4.78 is 35.9. The summed E-state index contributed by atoms with van der Waals surface area (Å²) in [5.41, 5.74) is 2.32. The Labute approximate surface area is 170 Å². The van der Waals surface area contributed by atoms with E-state index < -0.39 is 28.5 Å². The van der Waals surface area contributed by atoms with E-state index in [0.29, 0.717) is 5.56 Å². The number of hydrogen-bond donors (Lipinski definition) is 1. The second-order valence-corrected chi connectivity index (χ2v) is 8.80. The van der Waals surface area contributed by atoms with Gasteiger partial charge in [-0.05, 0) is 44.2 Å². The van der Waals surface area contributed by atoms with Crippen molar-refractivity contribution in [3.63, 3.8) is 0 Å². The largest absolute Gasteiger partial charge is 0.495 e. The van der Waals surface area contributed by atoms with Crippen LogP contribution in [0.15, 0.2) is 41.3 Å². The van der Waals surface area contributed by atoms with E-state index in [-0.39, 0.29) is 16.3 Å². The summed E-state index contributed by atoms with van der Waals surface area (Å²) in [6, 6.07) is 9.37. The lowest BCUT2D eigenvalue weighted by Gasteiger charge is -2.15. The van der Waals surface area contributed by atoms with Gasteiger partial charge in [-0.2, -0.15) is 0 Å². The van der Waals surface area contributed by atoms with Gasteiger partial charge in [-0.25, -0.2) is 17.5 Å². The number of carbonyl (C=O) groups excluding carboxylic acids is 2. The van der Waals surface area contributed by atoms with Crippen LogP contribution in [0.1, 0.15) is 21.5 Å². The molecule has 0 atom stereocenters. The molecule has 1 amide bonds. The molecule has 0 radical (unpaired) electrons. The second kappa shape index (κ2) is 9.06. The van der Waals surface area contributed by atoms with Crippen molar-refractivity contribution in [1.29, 1.82) is 0 Å². The topological polar surface area (TPSA) is 102 Å². The molecule has 0 bridgehead atoms. The van der Waals surface area contributed by atoms with Crippen LogP contribution in [0.4, 0.5) is 5.69 Å². The van der Waals surface area contributed by atoms with Gasteiger partial charge in [0, 0.05) is 14.1 Å². The van der Waals surface area contributed by atoms with Gasteiger partial charge in [-0.15, -0.1) is 0 Å². The molecule has 2 aromatic carbocycles. The molecule has 1 N–H and O–H groups in total. The van der Waals surface area contributed by atoms with Crippen LogP contribution < -0.4 is 10.1 Å². The van der Waals surface area contributed by atoms with Crippen molar-refractivity contribution in [1.82, 2.24) is 4.31 Å². The highest BCUT2D eigenvalue weighted by Gasteiger charge is 2.20. The summed E-state index contributed by atoms with van der Waals surface area (Å²) in [7, 11) is 0.519. The predicted molar refractivity (Wildman–Crippen MR) is 109 cm³/mol. The number of benzene rings is 2. The average Bonchev–Trinajstić information content (AvgIpc) is 2.65. The first-order valence-electron chi connectivity index (χ1n) is 8.70. The van der Waals surface area contributed by atoms with Crippen LogP contribution in [-0.2, 0) is 19.6 Å². The Kier molecular flexibility index (Phi) is 6.99. The van der Waals surface area contributed by atoms with Gasteiger partial charge >= 0.3 is 5.97 Å². The quantitative estimate of drug-likeness (QED) is 0.690. The van der Waals surface area contributed by atoms with Gasteiger partial charge < -0.3 is 14.8 Å². The van der Waals surface area contributed by atoms with E-state index in [4.69, 9.17) is 9.47 Å². The number of anilines is 1. The van der Waals surface area contributed by atoms with Gasteiger partial charge in [0.25, 0.3) is 5.91 Å². The van der Waals surface area contributed by atoms with Crippen molar-refractivity contribution in [2.75, 3.05) is 33.1 Å². The lowest BCUT2D eigenvalue weighted by molar-refractivity contribution is -0.119. The molecule has 0 unspecified atom stereocenters. The molecule has 2 aromatic rings. The molecule has 9 heteroatoms. The van der Waals surface area contributed by atoms with E-state index in [1.54, 1.807) is 12.1 Å². The number of esters is 1. The molecule has 0 aliphatic heterocycles. The minimum Gasteiger partial charge on any atom is -0.495 e. The maximum absolute atomic E-state index is 12.3. The van der Waals surface area contributed by atoms with E-state index in [2.05, 4.69) is 5.32 Å². The molecule has 0 aliphatic rings. The standard InChI is InChI=1S/C20H24N2O6S/c1-13-8-14(2)10-15(9-13)20(24)28-12-19(23)21-17-11-16(6-7-18(17)27-5)29(25,26)22(3)4/h6-11H,12H2,1-5H3,(H,21,23). The number of sulfonamides is 1. The fraction of sp³-hybridized carbons (Fsp3) is 0.300. The lowest BCUT2D eigenvalue weighted by Crippen LogP contribution is -2.23. The highest BCUT2D eigenvalue weighted by atomic mass is 32.2. The number of nitrogens with one attached hydrogen (secondary N) is 1. The minimum atomic E-state index is -3.69. The van der Waals surface area contributed by atoms with Crippen molar-refractivity contribution in [3.8, 4) is 5.75 Å². The molecule has 0 aliphatic carbocycles. The van der Waals surface area contributed by atoms with Crippen LogP contribution in [0.2, 0.25) is 0 Å². The average molecular weight is 420 g/mol. The molecular formula is C20H24N2O6S. The number of ether oxygens (including phenoxy) is 2. The van der Waals surface area contributed by atoms with E-state index in [1.165, 1.54) is 39.4 Å². The first-order chi connectivity index (χ1) is 13.5. The molecule has 0 aromatic heterocycles. The Morgan fingerprint density at radius 2 is 1.66 bits per heavy atom. The SMILES string of the molecule is COc1ccc(S(=O)(=O)N(C)C)cc1NC(=O)COC(=O)c1cc(C)cc(C)c1. The van der Waals surface area contributed by atoms with Crippen molar-refractivity contribution in [3.05, 3.63) is 53.1 Å². The van der Waals surface area contributed by atoms with E-state index in [9.17, 15) is 18.0 Å². The number of rotatable bonds is 7.